The monoisotopic (exact) mass is 441 g/mol. The lowest BCUT2D eigenvalue weighted by Crippen LogP contribution is -2.42. The molecule has 0 radical (unpaired) electrons. The number of aromatic nitrogens is 2. The number of esters is 1. The third-order valence-corrected chi connectivity index (χ3v) is 6.38. The summed E-state index contributed by atoms with van der Waals surface area (Å²) in [6.07, 6.45) is 2.60. The molecule has 0 unspecified atom stereocenters. The highest BCUT2D eigenvalue weighted by Gasteiger charge is 2.39. The molecule has 2 N–H and O–H groups in total. The Labute approximate surface area is 182 Å². The maximum atomic E-state index is 13.9. The molecule has 0 aliphatic heterocycles. The number of ether oxygens (including phenoxy) is 1. The molecule has 31 heavy (non-hydrogen) atoms. The molecule has 2 aliphatic carbocycles. The molecule has 2 saturated carbocycles. The first-order valence-electron chi connectivity index (χ1n) is 10.3. The first-order valence-corrected chi connectivity index (χ1v) is 10.7. The number of rotatable bonds is 5. The quantitative estimate of drug-likeness (QED) is 0.601. The van der Waals surface area contributed by atoms with Crippen LogP contribution in [0.25, 0.3) is 10.9 Å². The van der Waals surface area contributed by atoms with Gasteiger partial charge in [0.05, 0.1) is 27.5 Å². The van der Waals surface area contributed by atoms with Crippen LogP contribution in [-0.2, 0) is 4.74 Å². The average Bonchev–Trinajstić information content (AvgIpc) is 3.57. The molecule has 0 saturated heterocycles. The van der Waals surface area contributed by atoms with Crippen molar-refractivity contribution in [1.29, 1.82) is 0 Å². The predicted octanol–water partition coefficient (Wildman–Crippen LogP) is 4.16. The summed E-state index contributed by atoms with van der Waals surface area (Å²) in [5.74, 6) is -0.254. The van der Waals surface area contributed by atoms with Crippen LogP contribution in [0.15, 0.2) is 47.3 Å². The van der Waals surface area contributed by atoms with Gasteiger partial charge < -0.3 is 10.5 Å². The number of carbonyl (C=O) groups excluding carboxylic acids is 1. The molecule has 1 heterocycles. The van der Waals surface area contributed by atoms with E-state index in [0.717, 1.165) is 25.0 Å². The smallest absolute Gasteiger partial charge is 0.338 e. The Morgan fingerprint density at radius 3 is 2.61 bits per heavy atom. The van der Waals surface area contributed by atoms with Crippen LogP contribution in [-0.4, -0.2) is 21.6 Å². The first-order chi connectivity index (χ1) is 14.9. The third-order valence-electron chi connectivity index (χ3n) is 6.10. The molecular weight excluding hydrogens is 421 g/mol. The van der Waals surface area contributed by atoms with Crippen LogP contribution in [0.3, 0.4) is 0 Å². The lowest BCUT2D eigenvalue weighted by atomic mass is 9.88. The summed E-state index contributed by atoms with van der Waals surface area (Å²) in [6.45, 7) is 0. The van der Waals surface area contributed by atoms with Gasteiger partial charge in [-0.2, -0.15) is 0 Å². The van der Waals surface area contributed by atoms with Gasteiger partial charge in [0, 0.05) is 18.9 Å². The number of hydrogen-bond donors (Lipinski definition) is 1. The molecule has 1 atom stereocenters. The topological polar surface area (TPSA) is 87.2 Å². The zero-order valence-electron chi connectivity index (χ0n) is 16.6. The van der Waals surface area contributed by atoms with Gasteiger partial charge in [-0.1, -0.05) is 29.8 Å². The molecule has 8 heteroatoms. The van der Waals surface area contributed by atoms with Crippen molar-refractivity contribution in [3.05, 3.63) is 75.0 Å². The molecule has 5 rings (SSSR count). The second-order valence-corrected chi connectivity index (χ2v) is 8.72. The molecule has 2 aromatic carbocycles. The van der Waals surface area contributed by atoms with E-state index in [1.165, 1.54) is 0 Å². The van der Waals surface area contributed by atoms with Gasteiger partial charge in [-0.25, -0.2) is 14.2 Å². The molecule has 2 fully saturated rings. The summed E-state index contributed by atoms with van der Waals surface area (Å²) < 4.78 is 21.1. The highest BCUT2D eigenvalue weighted by molar-refractivity contribution is 6.35. The Hall–Kier alpha value is -2.77. The SMILES string of the molecule is N[C@H](c1nc2c(Cl)cc(F)cc2c(=O)n1C1CC(OC(=O)c2ccccc2)C1)C1CC1. The molecule has 6 nitrogen and oxygen atoms in total. The van der Waals surface area contributed by atoms with E-state index in [-0.39, 0.29) is 39.5 Å². The van der Waals surface area contributed by atoms with E-state index in [4.69, 9.17) is 22.1 Å². The molecule has 2 aliphatic rings. The molecule has 3 aromatic rings. The van der Waals surface area contributed by atoms with Crippen molar-refractivity contribution in [2.75, 3.05) is 0 Å². The average molecular weight is 442 g/mol. The number of fused-ring (bicyclic) bond motifs is 1. The zero-order chi connectivity index (χ0) is 21.7. The summed E-state index contributed by atoms with van der Waals surface area (Å²) in [5, 5.41) is 0.216. The number of hydrogen-bond acceptors (Lipinski definition) is 5. The second kappa shape index (κ2) is 7.73. The van der Waals surface area contributed by atoms with E-state index < -0.39 is 17.8 Å². The van der Waals surface area contributed by atoms with Gasteiger partial charge in [0.25, 0.3) is 5.56 Å². The summed E-state index contributed by atoms with van der Waals surface area (Å²) in [6, 6.07) is 10.5. The van der Waals surface area contributed by atoms with Crippen molar-refractivity contribution in [2.45, 2.75) is 43.9 Å². The van der Waals surface area contributed by atoms with E-state index in [9.17, 15) is 14.0 Å². The van der Waals surface area contributed by atoms with Gasteiger partial charge in [-0.05, 0) is 43.0 Å². The number of benzene rings is 2. The molecule has 0 spiro atoms. The van der Waals surface area contributed by atoms with E-state index in [1.54, 1.807) is 28.8 Å². The minimum absolute atomic E-state index is 0.0896. The van der Waals surface area contributed by atoms with Crippen LogP contribution in [0.2, 0.25) is 5.02 Å². The van der Waals surface area contributed by atoms with E-state index in [0.29, 0.717) is 24.2 Å². The molecule has 1 aromatic heterocycles. The highest BCUT2D eigenvalue weighted by atomic mass is 35.5. The van der Waals surface area contributed by atoms with Crippen LogP contribution in [0.5, 0.6) is 0 Å². The zero-order valence-corrected chi connectivity index (χ0v) is 17.4. The Balaban J connectivity index is 1.45. The van der Waals surface area contributed by atoms with Crippen molar-refractivity contribution in [1.82, 2.24) is 9.55 Å². The summed E-state index contributed by atoms with van der Waals surface area (Å²) in [5.41, 5.74) is 6.81. The van der Waals surface area contributed by atoms with Crippen LogP contribution >= 0.6 is 11.6 Å². The van der Waals surface area contributed by atoms with Gasteiger partial charge in [0.15, 0.2) is 0 Å². The molecular formula is C23H21ClFN3O3. The first kappa shape index (κ1) is 20.2. The lowest BCUT2D eigenvalue weighted by molar-refractivity contribution is -0.00928. The fourth-order valence-electron chi connectivity index (χ4n) is 4.14. The Kier molecular flexibility index (Phi) is 5.02. The van der Waals surface area contributed by atoms with Crippen LogP contribution in [0, 0.1) is 11.7 Å². The van der Waals surface area contributed by atoms with E-state index >= 15 is 0 Å². The largest absolute Gasteiger partial charge is 0.459 e. The summed E-state index contributed by atoms with van der Waals surface area (Å²) in [4.78, 5) is 30.2. The minimum Gasteiger partial charge on any atom is -0.459 e. The molecule has 0 bridgehead atoms. The number of nitrogens with two attached hydrogens (primary N) is 1. The normalized spacial score (nSPS) is 21.5. The molecule has 0 amide bonds. The second-order valence-electron chi connectivity index (χ2n) is 8.31. The maximum Gasteiger partial charge on any atom is 0.338 e. The van der Waals surface area contributed by atoms with Crippen molar-refractivity contribution < 1.29 is 13.9 Å². The Bertz CT molecular complexity index is 1220. The van der Waals surface area contributed by atoms with Gasteiger partial charge in [-0.15, -0.1) is 0 Å². The highest BCUT2D eigenvalue weighted by Crippen LogP contribution is 2.42. The Morgan fingerprint density at radius 1 is 1.23 bits per heavy atom. The van der Waals surface area contributed by atoms with Crippen molar-refractivity contribution in [3.8, 4) is 0 Å². The van der Waals surface area contributed by atoms with Gasteiger partial charge in [0.1, 0.15) is 17.7 Å². The number of carbonyl (C=O) groups is 1. The van der Waals surface area contributed by atoms with Crippen molar-refractivity contribution in [2.24, 2.45) is 11.7 Å². The van der Waals surface area contributed by atoms with Gasteiger partial charge >= 0.3 is 5.97 Å². The third kappa shape index (κ3) is 3.72. The van der Waals surface area contributed by atoms with E-state index in [2.05, 4.69) is 4.98 Å². The van der Waals surface area contributed by atoms with E-state index in [1.807, 2.05) is 6.07 Å². The fourth-order valence-corrected chi connectivity index (χ4v) is 4.39. The van der Waals surface area contributed by atoms with Crippen molar-refractivity contribution >= 4 is 28.5 Å². The van der Waals surface area contributed by atoms with Crippen LogP contribution in [0.1, 0.15) is 53.9 Å². The van der Waals surface area contributed by atoms with Crippen LogP contribution in [0.4, 0.5) is 4.39 Å². The van der Waals surface area contributed by atoms with Crippen LogP contribution < -0.4 is 11.3 Å². The molecule has 160 valence electrons. The summed E-state index contributed by atoms with van der Waals surface area (Å²) in [7, 11) is 0. The fraction of sp³-hybridized carbons (Fsp3) is 0.348. The maximum absolute atomic E-state index is 13.9. The Morgan fingerprint density at radius 2 is 1.94 bits per heavy atom. The van der Waals surface area contributed by atoms with Gasteiger partial charge in [-0.3, -0.25) is 9.36 Å². The van der Waals surface area contributed by atoms with Gasteiger partial charge in [0.2, 0.25) is 0 Å². The minimum atomic E-state index is -0.592. The standard InChI is InChI=1S/C23H21ClFN3O3/c24-18-9-14(25)8-17-20(18)27-21(19(26)12-6-7-12)28(22(17)29)15-10-16(11-15)31-23(30)13-4-2-1-3-5-13/h1-5,8-9,12,15-16,19H,6-7,10-11,26H2/t15?,16?,19-/m0/s1. The van der Waals surface area contributed by atoms with Crippen molar-refractivity contribution in [3.63, 3.8) is 0 Å². The number of halogens is 2. The number of nitrogens with zero attached hydrogens (tertiary/aromatic N) is 2. The summed E-state index contributed by atoms with van der Waals surface area (Å²) >= 11 is 6.18. The predicted molar refractivity (Wildman–Crippen MR) is 115 cm³/mol. The lowest BCUT2D eigenvalue weighted by Gasteiger charge is -2.37.